The van der Waals surface area contributed by atoms with E-state index in [-0.39, 0.29) is 9.92 Å². The maximum absolute atomic E-state index is 12.2. The molecule has 2 aromatic carbocycles. The van der Waals surface area contributed by atoms with Crippen molar-refractivity contribution in [3.8, 4) is 0 Å². The molecule has 0 unspecified atom stereocenters. The van der Waals surface area contributed by atoms with Crippen LogP contribution in [0.15, 0.2) is 53.4 Å². The van der Waals surface area contributed by atoms with E-state index in [0.29, 0.717) is 5.69 Å². The molecule has 0 aliphatic heterocycles. The van der Waals surface area contributed by atoms with Gasteiger partial charge in [0.1, 0.15) is 4.90 Å². The molecule has 19 heavy (non-hydrogen) atoms. The average Bonchev–Trinajstić information content (AvgIpc) is 2.39. The van der Waals surface area contributed by atoms with E-state index in [2.05, 4.69) is 20.7 Å². The second-order valence-corrected chi connectivity index (χ2v) is 6.49. The Labute approximate surface area is 125 Å². The Bertz CT molecular complexity index is 671. The number of rotatable bonds is 4. The van der Waals surface area contributed by atoms with Crippen LogP contribution in [0.4, 0.5) is 5.69 Å². The van der Waals surface area contributed by atoms with Crippen LogP contribution in [0, 0.1) is 0 Å². The van der Waals surface area contributed by atoms with Gasteiger partial charge in [-0.1, -0.05) is 51.8 Å². The van der Waals surface area contributed by atoms with Gasteiger partial charge in [0.15, 0.2) is 0 Å². The summed E-state index contributed by atoms with van der Waals surface area (Å²) in [5.41, 5.74) is 1.57. The molecule has 0 fully saturated rings. The molecule has 0 saturated heterocycles. The van der Waals surface area contributed by atoms with Gasteiger partial charge in [0.25, 0.3) is 10.0 Å². The highest BCUT2D eigenvalue weighted by atomic mass is 79.9. The van der Waals surface area contributed by atoms with Crippen molar-refractivity contribution < 1.29 is 8.42 Å². The number of anilines is 1. The number of nitrogens with one attached hydrogen (secondary N) is 1. The molecular formula is C13H11BrClNO2S. The fourth-order valence-corrected chi connectivity index (χ4v) is 3.49. The number of hydrogen-bond acceptors (Lipinski definition) is 2. The van der Waals surface area contributed by atoms with Gasteiger partial charge in [-0.3, -0.25) is 4.72 Å². The van der Waals surface area contributed by atoms with E-state index in [9.17, 15) is 8.42 Å². The van der Waals surface area contributed by atoms with Crippen molar-refractivity contribution in [2.24, 2.45) is 0 Å². The van der Waals surface area contributed by atoms with E-state index < -0.39 is 10.0 Å². The lowest BCUT2D eigenvalue weighted by Crippen LogP contribution is -2.13. The smallest absolute Gasteiger partial charge is 0.263 e. The number of alkyl halides is 1. The van der Waals surface area contributed by atoms with Gasteiger partial charge in [-0.2, -0.15) is 0 Å². The predicted octanol–water partition coefficient (Wildman–Crippen LogP) is 4.04. The van der Waals surface area contributed by atoms with Gasteiger partial charge >= 0.3 is 0 Å². The number of hydrogen-bond donors (Lipinski definition) is 1. The van der Waals surface area contributed by atoms with Crippen molar-refractivity contribution >= 4 is 43.2 Å². The van der Waals surface area contributed by atoms with Crippen LogP contribution in [0.3, 0.4) is 0 Å². The van der Waals surface area contributed by atoms with Crippen LogP contribution in [0.5, 0.6) is 0 Å². The van der Waals surface area contributed by atoms with Crippen LogP contribution < -0.4 is 4.72 Å². The SMILES string of the molecule is O=S(=O)(Nc1ccc(CBr)cc1)c1ccccc1Cl. The highest BCUT2D eigenvalue weighted by molar-refractivity contribution is 9.08. The van der Waals surface area contributed by atoms with E-state index in [1.54, 1.807) is 30.3 Å². The third kappa shape index (κ3) is 3.49. The third-order valence-corrected chi connectivity index (χ3v) is 5.02. The van der Waals surface area contributed by atoms with Crippen LogP contribution in [-0.2, 0) is 15.4 Å². The van der Waals surface area contributed by atoms with E-state index in [4.69, 9.17) is 11.6 Å². The molecule has 0 aromatic heterocycles. The summed E-state index contributed by atoms with van der Waals surface area (Å²) in [6.07, 6.45) is 0. The highest BCUT2D eigenvalue weighted by Gasteiger charge is 2.17. The van der Waals surface area contributed by atoms with Gasteiger partial charge in [-0.15, -0.1) is 0 Å². The molecule has 0 saturated carbocycles. The highest BCUT2D eigenvalue weighted by Crippen LogP contribution is 2.23. The zero-order valence-corrected chi connectivity index (χ0v) is 13.0. The Hall–Kier alpha value is -1.04. The first-order chi connectivity index (χ1) is 9.03. The molecule has 0 atom stereocenters. The van der Waals surface area contributed by atoms with Crippen molar-refractivity contribution in [2.75, 3.05) is 4.72 Å². The van der Waals surface area contributed by atoms with Crippen LogP contribution in [0.25, 0.3) is 0 Å². The van der Waals surface area contributed by atoms with E-state index >= 15 is 0 Å². The molecule has 0 amide bonds. The standard InChI is InChI=1S/C13H11BrClNO2S/c14-9-10-5-7-11(8-6-10)16-19(17,18)13-4-2-1-3-12(13)15/h1-8,16H,9H2. The lowest BCUT2D eigenvalue weighted by Gasteiger charge is -2.09. The molecule has 1 N–H and O–H groups in total. The van der Waals surface area contributed by atoms with Gasteiger partial charge in [0.2, 0.25) is 0 Å². The minimum Gasteiger partial charge on any atom is -0.280 e. The Morgan fingerprint density at radius 2 is 1.68 bits per heavy atom. The van der Waals surface area contributed by atoms with Gasteiger partial charge in [0, 0.05) is 11.0 Å². The Morgan fingerprint density at radius 3 is 2.26 bits per heavy atom. The molecule has 3 nitrogen and oxygen atoms in total. The van der Waals surface area contributed by atoms with Crippen LogP contribution in [0.2, 0.25) is 5.02 Å². The monoisotopic (exact) mass is 359 g/mol. The lowest BCUT2D eigenvalue weighted by atomic mass is 10.2. The van der Waals surface area contributed by atoms with Crippen molar-refractivity contribution in [1.82, 2.24) is 0 Å². The molecule has 0 radical (unpaired) electrons. The number of sulfonamides is 1. The fraction of sp³-hybridized carbons (Fsp3) is 0.0769. The minimum absolute atomic E-state index is 0.0706. The maximum atomic E-state index is 12.2. The molecule has 0 aliphatic rings. The quantitative estimate of drug-likeness (QED) is 0.837. The molecule has 6 heteroatoms. The predicted molar refractivity (Wildman–Crippen MR) is 81.3 cm³/mol. The first-order valence-electron chi connectivity index (χ1n) is 5.45. The maximum Gasteiger partial charge on any atom is 0.263 e. The van der Waals surface area contributed by atoms with Crippen LogP contribution >= 0.6 is 27.5 Å². The van der Waals surface area contributed by atoms with Gasteiger partial charge < -0.3 is 0 Å². The van der Waals surface area contributed by atoms with Gasteiger partial charge in [-0.05, 0) is 29.8 Å². The molecule has 0 spiro atoms. The zero-order chi connectivity index (χ0) is 13.9. The summed E-state index contributed by atoms with van der Waals surface area (Å²) in [6, 6.07) is 13.5. The molecule has 100 valence electrons. The summed E-state index contributed by atoms with van der Waals surface area (Å²) < 4.78 is 26.8. The van der Waals surface area contributed by atoms with Gasteiger partial charge in [0.05, 0.1) is 5.02 Å². The number of benzene rings is 2. The number of halogens is 2. The van der Waals surface area contributed by atoms with E-state index in [1.807, 2.05) is 12.1 Å². The van der Waals surface area contributed by atoms with E-state index in [0.717, 1.165) is 10.9 Å². The third-order valence-electron chi connectivity index (χ3n) is 2.49. The van der Waals surface area contributed by atoms with Crippen LogP contribution in [-0.4, -0.2) is 8.42 Å². The summed E-state index contributed by atoms with van der Waals surface area (Å²) in [5, 5.41) is 0.928. The van der Waals surface area contributed by atoms with Crippen molar-refractivity contribution in [1.29, 1.82) is 0 Å². The van der Waals surface area contributed by atoms with Crippen molar-refractivity contribution in [3.63, 3.8) is 0 Å². The summed E-state index contributed by atoms with van der Waals surface area (Å²) in [4.78, 5) is 0.0706. The molecule has 2 aromatic rings. The second kappa shape index (κ2) is 5.94. The van der Waals surface area contributed by atoms with Crippen LogP contribution in [0.1, 0.15) is 5.56 Å². The largest absolute Gasteiger partial charge is 0.280 e. The second-order valence-electron chi connectivity index (χ2n) is 3.87. The molecule has 2 rings (SSSR count). The lowest BCUT2D eigenvalue weighted by molar-refractivity contribution is 0.601. The first-order valence-corrected chi connectivity index (χ1v) is 8.43. The molecule has 0 heterocycles. The van der Waals surface area contributed by atoms with E-state index in [1.165, 1.54) is 6.07 Å². The summed E-state index contributed by atoms with van der Waals surface area (Å²) in [5.74, 6) is 0. The fourth-order valence-electron chi connectivity index (χ4n) is 1.53. The summed E-state index contributed by atoms with van der Waals surface area (Å²) in [7, 11) is -3.66. The Balaban J connectivity index is 2.28. The zero-order valence-electron chi connectivity index (χ0n) is 9.81. The van der Waals surface area contributed by atoms with Gasteiger partial charge in [-0.25, -0.2) is 8.42 Å². The first kappa shape index (κ1) is 14.4. The summed E-state index contributed by atoms with van der Waals surface area (Å²) in [6.45, 7) is 0. The van der Waals surface area contributed by atoms with Crippen molar-refractivity contribution in [3.05, 3.63) is 59.1 Å². The Kier molecular flexibility index (Phi) is 4.50. The molecule has 0 bridgehead atoms. The topological polar surface area (TPSA) is 46.2 Å². The molecular weight excluding hydrogens is 350 g/mol. The molecule has 0 aliphatic carbocycles. The minimum atomic E-state index is -3.66. The normalized spacial score (nSPS) is 11.3. The Morgan fingerprint density at radius 1 is 1.05 bits per heavy atom. The summed E-state index contributed by atoms with van der Waals surface area (Å²) >= 11 is 9.23. The average molecular weight is 361 g/mol. The van der Waals surface area contributed by atoms with Crippen molar-refractivity contribution in [2.45, 2.75) is 10.2 Å².